The minimum absolute atomic E-state index is 0.133. The number of carbonyl (C=O) groups excluding carboxylic acids is 1. The van der Waals surface area contributed by atoms with Crippen molar-refractivity contribution in [1.29, 1.82) is 0 Å². The van der Waals surface area contributed by atoms with Crippen molar-refractivity contribution >= 4 is 11.7 Å². The summed E-state index contributed by atoms with van der Waals surface area (Å²) >= 11 is 0. The zero-order valence-corrected chi connectivity index (χ0v) is 18.0. The summed E-state index contributed by atoms with van der Waals surface area (Å²) in [5.74, 6) is 2.24. The van der Waals surface area contributed by atoms with Gasteiger partial charge in [-0.1, -0.05) is 19.9 Å². The van der Waals surface area contributed by atoms with E-state index in [1.54, 1.807) is 6.20 Å². The van der Waals surface area contributed by atoms with Crippen LogP contribution in [-0.2, 0) is 10.2 Å². The first-order valence-electron chi connectivity index (χ1n) is 10.4. The monoisotopic (exact) mass is 411 g/mol. The third-order valence-corrected chi connectivity index (χ3v) is 5.60. The SMILES string of the molecule is CC1CN(c2ccc(C(=O)NCC(C)(C)c3ccc4c(c3)OCO4)cn2)CC(C)O1. The maximum absolute atomic E-state index is 12.7. The van der Waals surface area contributed by atoms with Crippen LogP contribution in [0.15, 0.2) is 36.5 Å². The standard InChI is InChI=1S/C23H29N3O4/c1-15-11-26(12-16(2)30-15)21-8-5-17(10-24-21)22(27)25-13-23(3,4)18-6-7-19-20(9-18)29-14-28-19/h5-10,15-16H,11-14H2,1-4H3,(H,25,27). The number of benzene rings is 1. The fourth-order valence-electron chi connectivity index (χ4n) is 3.90. The summed E-state index contributed by atoms with van der Waals surface area (Å²) < 4.78 is 16.6. The Morgan fingerprint density at radius 1 is 1.13 bits per heavy atom. The number of amides is 1. The number of nitrogens with one attached hydrogen (secondary N) is 1. The Morgan fingerprint density at radius 3 is 2.57 bits per heavy atom. The summed E-state index contributed by atoms with van der Waals surface area (Å²) in [6.45, 7) is 10.6. The molecule has 2 aliphatic heterocycles. The zero-order chi connectivity index (χ0) is 21.3. The van der Waals surface area contributed by atoms with Gasteiger partial charge in [0.25, 0.3) is 5.91 Å². The molecule has 1 aromatic heterocycles. The molecule has 1 N–H and O–H groups in total. The highest BCUT2D eigenvalue weighted by Crippen LogP contribution is 2.36. The number of carbonyl (C=O) groups is 1. The van der Waals surface area contributed by atoms with Gasteiger partial charge in [-0.2, -0.15) is 0 Å². The van der Waals surface area contributed by atoms with Crippen molar-refractivity contribution in [2.24, 2.45) is 0 Å². The highest BCUT2D eigenvalue weighted by Gasteiger charge is 2.26. The molecule has 7 nitrogen and oxygen atoms in total. The van der Waals surface area contributed by atoms with E-state index < -0.39 is 0 Å². The molecule has 160 valence electrons. The Kier molecular flexibility index (Phi) is 5.56. The summed E-state index contributed by atoms with van der Waals surface area (Å²) in [5.41, 5.74) is 1.37. The molecule has 0 bridgehead atoms. The smallest absolute Gasteiger partial charge is 0.252 e. The molecule has 0 spiro atoms. The first kappa shape index (κ1) is 20.5. The Bertz CT molecular complexity index is 903. The summed E-state index contributed by atoms with van der Waals surface area (Å²) in [5, 5.41) is 3.03. The molecule has 0 aliphatic carbocycles. The number of ether oxygens (including phenoxy) is 3. The number of aromatic nitrogens is 1. The fourth-order valence-corrected chi connectivity index (χ4v) is 3.90. The van der Waals surface area contributed by atoms with Gasteiger partial charge < -0.3 is 24.4 Å². The molecule has 2 aliphatic rings. The van der Waals surface area contributed by atoms with E-state index in [1.165, 1.54) is 0 Å². The number of pyridine rings is 1. The minimum Gasteiger partial charge on any atom is -0.454 e. The fraction of sp³-hybridized carbons (Fsp3) is 0.478. The zero-order valence-electron chi connectivity index (χ0n) is 18.0. The topological polar surface area (TPSA) is 72.9 Å². The summed E-state index contributed by atoms with van der Waals surface area (Å²) in [6.07, 6.45) is 1.97. The molecular formula is C23H29N3O4. The van der Waals surface area contributed by atoms with Gasteiger partial charge in [0, 0.05) is 31.2 Å². The third-order valence-electron chi connectivity index (χ3n) is 5.60. The first-order chi connectivity index (χ1) is 14.3. The number of nitrogens with zero attached hydrogens (tertiary/aromatic N) is 2. The lowest BCUT2D eigenvalue weighted by atomic mass is 9.84. The maximum atomic E-state index is 12.7. The van der Waals surface area contributed by atoms with Crippen LogP contribution in [-0.4, -0.2) is 49.5 Å². The molecule has 1 saturated heterocycles. The molecule has 1 aromatic carbocycles. The van der Waals surface area contributed by atoms with Gasteiger partial charge in [-0.15, -0.1) is 0 Å². The van der Waals surface area contributed by atoms with E-state index in [4.69, 9.17) is 14.2 Å². The van der Waals surface area contributed by atoms with E-state index in [2.05, 4.69) is 42.9 Å². The molecule has 30 heavy (non-hydrogen) atoms. The highest BCUT2D eigenvalue weighted by molar-refractivity contribution is 5.94. The number of anilines is 1. The number of morpholine rings is 1. The summed E-state index contributed by atoms with van der Waals surface area (Å²) in [6, 6.07) is 9.64. The van der Waals surface area contributed by atoms with Crippen LogP contribution in [0.25, 0.3) is 0 Å². The lowest BCUT2D eigenvalue weighted by Crippen LogP contribution is -2.45. The van der Waals surface area contributed by atoms with E-state index in [-0.39, 0.29) is 30.3 Å². The molecule has 1 fully saturated rings. The van der Waals surface area contributed by atoms with E-state index in [0.717, 1.165) is 36.0 Å². The number of hydrogen-bond donors (Lipinski definition) is 1. The van der Waals surface area contributed by atoms with Gasteiger partial charge in [-0.25, -0.2) is 4.98 Å². The minimum atomic E-state index is -0.260. The second-order valence-electron chi connectivity index (χ2n) is 8.70. The number of fused-ring (bicyclic) bond motifs is 1. The van der Waals surface area contributed by atoms with Crippen LogP contribution < -0.4 is 19.7 Å². The van der Waals surface area contributed by atoms with E-state index in [0.29, 0.717) is 12.1 Å². The average molecular weight is 412 g/mol. The quantitative estimate of drug-likeness (QED) is 0.815. The molecular weight excluding hydrogens is 382 g/mol. The van der Waals surface area contributed by atoms with Gasteiger partial charge in [0.15, 0.2) is 11.5 Å². The van der Waals surface area contributed by atoms with Gasteiger partial charge in [0.2, 0.25) is 6.79 Å². The van der Waals surface area contributed by atoms with E-state index in [9.17, 15) is 4.79 Å². The van der Waals surface area contributed by atoms with Crippen LogP contribution in [0, 0.1) is 0 Å². The Hall–Kier alpha value is -2.80. The molecule has 3 heterocycles. The molecule has 7 heteroatoms. The summed E-state index contributed by atoms with van der Waals surface area (Å²) in [7, 11) is 0. The lowest BCUT2D eigenvalue weighted by Gasteiger charge is -2.36. The molecule has 2 atom stereocenters. The second-order valence-corrected chi connectivity index (χ2v) is 8.70. The van der Waals surface area contributed by atoms with Gasteiger partial charge in [-0.05, 0) is 43.7 Å². The van der Waals surface area contributed by atoms with Crippen molar-refractivity contribution in [1.82, 2.24) is 10.3 Å². The second kappa shape index (κ2) is 8.14. The Balaban J connectivity index is 1.38. The average Bonchev–Trinajstić information content (AvgIpc) is 3.19. The summed E-state index contributed by atoms with van der Waals surface area (Å²) in [4.78, 5) is 19.4. The van der Waals surface area contributed by atoms with E-state index in [1.807, 2.05) is 30.3 Å². The van der Waals surface area contributed by atoms with Crippen LogP contribution in [0.2, 0.25) is 0 Å². The van der Waals surface area contributed by atoms with Gasteiger partial charge >= 0.3 is 0 Å². The molecule has 1 amide bonds. The van der Waals surface area contributed by atoms with Crippen molar-refractivity contribution in [3.05, 3.63) is 47.7 Å². The molecule has 4 rings (SSSR count). The molecule has 0 radical (unpaired) electrons. The predicted molar refractivity (Wildman–Crippen MR) is 114 cm³/mol. The van der Waals surface area contributed by atoms with Crippen molar-refractivity contribution in [2.75, 3.05) is 31.3 Å². The van der Waals surface area contributed by atoms with Crippen molar-refractivity contribution in [2.45, 2.75) is 45.3 Å². The lowest BCUT2D eigenvalue weighted by molar-refractivity contribution is -0.00546. The van der Waals surface area contributed by atoms with Crippen molar-refractivity contribution in [3.8, 4) is 11.5 Å². The van der Waals surface area contributed by atoms with Crippen molar-refractivity contribution in [3.63, 3.8) is 0 Å². The highest BCUT2D eigenvalue weighted by atomic mass is 16.7. The molecule has 2 aromatic rings. The normalized spacial score (nSPS) is 20.9. The van der Waals surface area contributed by atoms with Crippen LogP contribution in [0.5, 0.6) is 11.5 Å². The van der Waals surface area contributed by atoms with Crippen LogP contribution >= 0.6 is 0 Å². The van der Waals surface area contributed by atoms with Crippen LogP contribution in [0.1, 0.15) is 43.6 Å². The van der Waals surface area contributed by atoms with Gasteiger partial charge in [0.05, 0.1) is 17.8 Å². The Labute approximate surface area is 177 Å². The van der Waals surface area contributed by atoms with Gasteiger partial charge in [-0.3, -0.25) is 4.79 Å². The number of rotatable bonds is 5. The predicted octanol–water partition coefficient (Wildman–Crippen LogP) is 3.13. The maximum Gasteiger partial charge on any atom is 0.252 e. The van der Waals surface area contributed by atoms with Crippen molar-refractivity contribution < 1.29 is 19.0 Å². The van der Waals surface area contributed by atoms with Crippen LogP contribution in [0.3, 0.4) is 0 Å². The molecule has 2 unspecified atom stereocenters. The van der Waals surface area contributed by atoms with Gasteiger partial charge in [0.1, 0.15) is 5.82 Å². The van der Waals surface area contributed by atoms with Crippen LogP contribution in [0.4, 0.5) is 5.82 Å². The number of hydrogen-bond acceptors (Lipinski definition) is 6. The Morgan fingerprint density at radius 2 is 1.87 bits per heavy atom. The third kappa shape index (κ3) is 4.36. The first-order valence-corrected chi connectivity index (χ1v) is 10.4. The molecule has 0 saturated carbocycles. The largest absolute Gasteiger partial charge is 0.454 e. The van der Waals surface area contributed by atoms with E-state index >= 15 is 0 Å².